The summed E-state index contributed by atoms with van der Waals surface area (Å²) in [5, 5.41) is 15.0. The van der Waals surface area contributed by atoms with Gasteiger partial charge in [-0.2, -0.15) is 4.68 Å². The van der Waals surface area contributed by atoms with Crippen LogP contribution in [-0.4, -0.2) is 38.5 Å². The molecule has 1 atom stereocenters. The Morgan fingerprint density at radius 3 is 2.59 bits per heavy atom. The Morgan fingerprint density at radius 1 is 1.19 bits per heavy atom. The number of aryl methyl sites for hydroxylation is 2. The molecule has 8 heteroatoms. The van der Waals surface area contributed by atoms with E-state index in [2.05, 4.69) is 20.8 Å². The van der Waals surface area contributed by atoms with Gasteiger partial charge in [0.25, 0.3) is 0 Å². The van der Waals surface area contributed by atoms with Gasteiger partial charge in [0.1, 0.15) is 5.75 Å². The number of thioether (sulfide) groups is 1. The zero-order valence-corrected chi connectivity index (χ0v) is 16.4. The molecule has 2 aromatic carbocycles. The second kappa shape index (κ2) is 8.22. The Labute approximate surface area is 162 Å². The molecule has 7 nitrogen and oxygen atoms in total. The fraction of sp³-hybridized carbons (Fsp3) is 0.263. The lowest BCUT2D eigenvalue weighted by Crippen LogP contribution is -2.23. The third-order valence-electron chi connectivity index (χ3n) is 4.05. The minimum atomic E-state index is -0.367. The molecule has 0 aliphatic carbocycles. The van der Waals surface area contributed by atoms with Crippen molar-refractivity contribution < 1.29 is 9.53 Å². The highest BCUT2D eigenvalue weighted by molar-refractivity contribution is 8.00. The van der Waals surface area contributed by atoms with Crippen LogP contribution in [0.3, 0.4) is 0 Å². The van der Waals surface area contributed by atoms with E-state index in [1.165, 1.54) is 11.8 Å². The zero-order valence-electron chi connectivity index (χ0n) is 15.6. The summed E-state index contributed by atoms with van der Waals surface area (Å²) in [5.74, 6) is 0.651. The number of hydrogen-bond donors (Lipinski definition) is 1. The van der Waals surface area contributed by atoms with Gasteiger partial charge >= 0.3 is 0 Å². The predicted molar refractivity (Wildman–Crippen MR) is 106 cm³/mol. The number of tetrazole rings is 1. The van der Waals surface area contributed by atoms with Gasteiger partial charge in [0.05, 0.1) is 18.0 Å². The number of carbonyl (C=O) groups excluding carboxylic acids is 1. The summed E-state index contributed by atoms with van der Waals surface area (Å²) >= 11 is 1.30. The second-order valence-corrected chi connectivity index (χ2v) is 7.45. The van der Waals surface area contributed by atoms with E-state index in [4.69, 9.17) is 4.74 Å². The molecule has 3 rings (SSSR count). The van der Waals surface area contributed by atoms with Crippen molar-refractivity contribution in [3.63, 3.8) is 0 Å². The molecule has 0 aliphatic heterocycles. The van der Waals surface area contributed by atoms with E-state index in [0.717, 1.165) is 28.3 Å². The van der Waals surface area contributed by atoms with E-state index in [0.29, 0.717) is 5.16 Å². The Bertz CT molecular complexity index is 940. The van der Waals surface area contributed by atoms with E-state index in [-0.39, 0.29) is 11.2 Å². The summed E-state index contributed by atoms with van der Waals surface area (Å²) in [7, 11) is 1.61. The maximum Gasteiger partial charge on any atom is 0.237 e. The molecule has 1 amide bonds. The number of nitrogens with zero attached hydrogens (tertiary/aromatic N) is 4. The molecule has 0 saturated heterocycles. The van der Waals surface area contributed by atoms with Gasteiger partial charge in [-0.1, -0.05) is 29.5 Å². The first-order chi connectivity index (χ1) is 13.0. The van der Waals surface area contributed by atoms with Gasteiger partial charge in [-0.05, 0) is 67.1 Å². The summed E-state index contributed by atoms with van der Waals surface area (Å²) in [4.78, 5) is 12.6. The summed E-state index contributed by atoms with van der Waals surface area (Å²) < 4.78 is 6.77. The molecule has 1 heterocycles. The van der Waals surface area contributed by atoms with E-state index >= 15 is 0 Å². The lowest BCUT2D eigenvalue weighted by Gasteiger charge is -2.13. The number of anilines is 1. The minimum absolute atomic E-state index is 0.101. The van der Waals surface area contributed by atoms with Crippen molar-refractivity contribution in [2.45, 2.75) is 31.2 Å². The van der Waals surface area contributed by atoms with Gasteiger partial charge in [0.15, 0.2) is 0 Å². The van der Waals surface area contributed by atoms with Crippen LogP contribution in [0.4, 0.5) is 5.69 Å². The van der Waals surface area contributed by atoms with Crippen LogP contribution in [0.1, 0.15) is 18.1 Å². The molecule has 1 N–H and O–H groups in total. The summed E-state index contributed by atoms with van der Waals surface area (Å²) in [6.45, 7) is 5.83. The number of amides is 1. The minimum Gasteiger partial charge on any atom is -0.497 e. The zero-order chi connectivity index (χ0) is 19.4. The van der Waals surface area contributed by atoms with Crippen molar-refractivity contribution in [3.05, 3.63) is 53.6 Å². The number of nitrogens with one attached hydrogen (secondary N) is 1. The van der Waals surface area contributed by atoms with Gasteiger partial charge < -0.3 is 10.1 Å². The lowest BCUT2D eigenvalue weighted by molar-refractivity contribution is -0.115. The Balaban J connectivity index is 1.71. The smallest absolute Gasteiger partial charge is 0.237 e. The molecule has 0 spiro atoms. The van der Waals surface area contributed by atoms with Crippen molar-refractivity contribution in [3.8, 4) is 11.4 Å². The number of carbonyl (C=O) groups is 1. The van der Waals surface area contributed by atoms with Crippen LogP contribution in [0.5, 0.6) is 5.75 Å². The Kier molecular flexibility index (Phi) is 5.75. The maximum absolute atomic E-state index is 12.6. The molecular formula is C19H21N5O2S. The molecule has 0 saturated carbocycles. The van der Waals surface area contributed by atoms with Crippen LogP contribution >= 0.6 is 11.8 Å². The van der Waals surface area contributed by atoms with Crippen LogP contribution in [0.2, 0.25) is 0 Å². The van der Waals surface area contributed by atoms with Crippen LogP contribution in [0.15, 0.2) is 47.6 Å². The van der Waals surface area contributed by atoms with Crippen molar-refractivity contribution in [2.24, 2.45) is 0 Å². The number of ether oxygens (including phenoxy) is 1. The summed E-state index contributed by atoms with van der Waals surface area (Å²) in [6, 6.07) is 13.3. The van der Waals surface area contributed by atoms with E-state index in [1.54, 1.807) is 11.8 Å². The largest absolute Gasteiger partial charge is 0.497 e. The quantitative estimate of drug-likeness (QED) is 0.657. The van der Waals surface area contributed by atoms with Crippen LogP contribution in [-0.2, 0) is 4.79 Å². The van der Waals surface area contributed by atoms with E-state index < -0.39 is 0 Å². The number of rotatable bonds is 6. The number of aromatic nitrogens is 4. The molecule has 3 aromatic rings. The average Bonchev–Trinajstić information content (AvgIpc) is 3.12. The molecule has 0 bridgehead atoms. The second-order valence-electron chi connectivity index (χ2n) is 6.14. The Morgan fingerprint density at radius 2 is 1.93 bits per heavy atom. The van der Waals surface area contributed by atoms with Gasteiger partial charge in [-0.3, -0.25) is 4.79 Å². The lowest BCUT2D eigenvalue weighted by atomic mass is 10.1. The fourth-order valence-electron chi connectivity index (χ4n) is 2.54. The van der Waals surface area contributed by atoms with Gasteiger partial charge in [-0.25, -0.2) is 0 Å². The monoisotopic (exact) mass is 383 g/mol. The first-order valence-electron chi connectivity index (χ1n) is 8.45. The molecule has 27 heavy (non-hydrogen) atoms. The molecule has 140 valence electrons. The first-order valence-corrected chi connectivity index (χ1v) is 9.33. The predicted octanol–water partition coefficient (Wildman–Crippen LogP) is 3.41. The normalized spacial score (nSPS) is 11.9. The highest BCUT2D eigenvalue weighted by Crippen LogP contribution is 2.25. The third kappa shape index (κ3) is 4.46. The van der Waals surface area contributed by atoms with Gasteiger partial charge in [0.2, 0.25) is 11.1 Å². The van der Waals surface area contributed by atoms with Crippen LogP contribution in [0.25, 0.3) is 5.69 Å². The van der Waals surface area contributed by atoms with Crippen molar-refractivity contribution in [2.75, 3.05) is 12.4 Å². The van der Waals surface area contributed by atoms with E-state index in [9.17, 15) is 4.79 Å². The molecular weight excluding hydrogens is 362 g/mol. The van der Waals surface area contributed by atoms with Gasteiger partial charge in [-0.15, -0.1) is 5.10 Å². The maximum atomic E-state index is 12.6. The molecule has 0 aliphatic rings. The molecule has 0 unspecified atom stereocenters. The standard InChI is InChI=1S/C19H21N5O2S/c1-12-5-10-17(13(2)11-12)20-18(25)14(3)27-19-21-22-23-24(19)15-6-8-16(26-4)9-7-15/h5-11,14H,1-4H3,(H,20,25)/t14-/m0/s1. The van der Waals surface area contributed by atoms with Crippen LogP contribution < -0.4 is 10.1 Å². The Hall–Kier alpha value is -2.87. The number of hydrogen-bond acceptors (Lipinski definition) is 6. The summed E-state index contributed by atoms with van der Waals surface area (Å²) in [5.41, 5.74) is 3.80. The summed E-state index contributed by atoms with van der Waals surface area (Å²) in [6.07, 6.45) is 0. The highest BCUT2D eigenvalue weighted by Gasteiger charge is 2.20. The topological polar surface area (TPSA) is 81.9 Å². The molecule has 0 radical (unpaired) electrons. The van der Waals surface area contributed by atoms with Crippen molar-refractivity contribution >= 4 is 23.4 Å². The SMILES string of the molecule is COc1ccc(-n2nnnc2S[C@@H](C)C(=O)Nc2ccc(C)cc2C)cc1. The molecule has 0 fully saturated rings. The van der Waals surface area contributed by atoms with Crippen molar-refractivity contribution in [1.82, 2.24) is 20.2 Å². The van der Waals surface area contributed by atoms with Gasteiger partial charge in [0, 0.05) is 5.69 Å². The fourth-order valence-corrected chi connectivity index (χ4v) is 3.35. The highest BCUT2D eigenvalue weighted by atomic mass is 32.2. The number of methoxy groups -OCH3 is 1. The average molecular weight is 383 g/mol. The number of benzene rings is 2. The first kappa shape index (κ1) is 18.9. The third-order valence-corrected chi connectivity index (χ3v) is 5.08. The van der Waals surface area contributed by atoms with Crippen molar-refractivity contribution in [1.29, 1.82) is 0 Å². The van der Waals surface area contributed by atoms with Crippen LogP contribution in [0, 0.1) is 13.8 Å². The van der Waals surface area contributed by atoms with E-state index in [1.807, 2.05) is 63.2 Å². The molecule has 1 aromatic heterocycles.